The zero-order chi connectivity index (χ0) is 54.6. The number of nitrogens with zero attached hydrogens (tertiary/aromatic N) is 5. The number of aromatic hydroxyl groups is 2. The molecule has 0 aliphatic heterocycles. The van der Waals surface area contributed by atoms with Crippen LogP contribution in [0.1, 0.15) is 88.2 Å². The van der Waals surface area contributed by atoms with Crippen molar-refractivity contribution in [1.82, 2.24) is 19.8 Å². The van der Waals surface area contributed by atoms with Crippen LogP contribution in [-0.4, -0.2) is 80.6 Å². The predicted octanol–water partition coefficient (Wildman–Crippen LogP) is 9.68. The van der Waals surface area contributed by atoms with E-state index >= 15 is 0 Å². The monoisotopic (exact) mass is 1120 g/mol. The molecule has 2 aromatic heterocycles. The smallest absolute Gasteiger partial charge is 0.316 e. The Hall–Kier alpha value is -7.23. The van der Waals surface area contributed by atoms with Gasteiger partial charge in [-0.3, -0.25) is 23.7 Å². The van der Waals surface area contributed by atoms with Gasteiger partial charge in [-0.1, -0.05) is 64.0 Å². The van der Waals surface area contributed by atoms with E-state index in [0.717, 1.165) is 37.3 Å². The molecule has 1 amide bonds. The number of benzene rings is 5. The number of phenols is 2. The lowest BCUT2D eigenvalue weighted by atomic mass is 10.0. The van der Waals surface area contributed by atoms with Crippen molar-refractivity contribution in [3.05, 3.63) is 126 Å². The molecule has 26 heteroatoms. The Kier molecular flexibility index (Phi) is 18.6. The number of unbranched alkanes of at least 4 members (excludes halogenated alkanes) is 7. The lowest BCUT2D eigenvalue weighted by Gasteiger charge is -2.19. The van der Waals surface area contributed by atoms with E-state index in [4.69, 9.17) is 8.92 Å². The maximum absolute atomic E-state index is 13.7. The normalized spacial score (nSPS) is 12.9. The standard InChI is InChI=1S/C50H56N8O14S4/c1-3-4-5-6-7-8-9-10-13-46(71-38-22-26-41(27-23-38)74(63,64)40-24-20-37(59)21-25-40)50(61)51-35-17-15-34(16-18-35)12-11-14-47-52-49-48(33(2)55-58(49)56-47)54-53-44-28-19-36(29-45(44)60)57-73(62)72-39-30-42(75(65,66)67)32-43(31-39)76(68,69)70/h15-32,46,55,57,59-60H,3-14H2,1-2H3,(H,51,61)(H,65,66,67)(H,68,69,70). The van der Waals surface area contributed by atoms with Crippen LogP contribution < -0.4 is 19.0 Å². The number of hydrogen-bond donors (Lipinski definition) is 7. The Morgan fingerprint density at radius 2 is 1.32 bits per heavy atom. The van der Waals surface area contributed by atoms with Gasteiger partial charge in [0.1, 0.15) is 28.7 Å². The fraction of sp³-hybridized carbons (Fsp3) is 0.300. The van der Waals surface area contributed by atoms with E-state index in [1.165, 1.54) is 91.0 Å². The van der Waals surface area contributed by atoms with E-state index in [0.29, 0.717) is 78.2 Å². The molecule has 0 bridgehead atoms. The summed E-state index contributed by atoms with van der Waals surface area (Å²) in [5.41, 5.74) is 2.97. The van der Waals surface area contributed by atoms with Gasteiger partial charge in [0, 0.05) is 30.3 Å². The molecule has 0 radical (unpaired) electrons. The summed E-state index contributed by atoms with van der Waals surface area (Å²) < 4.78 is 119. The van der Waals surface area contributed by atoms with Crippen LogP contribution in [-0.2, 0) is 59.0 Å². The Morgan fingerprint density at radius 3 is 1.93 bits per heavy atom. The number of carbonyl (C=O) groups is 1. The third kappa shape index (κ3) is 15.4. The molecule has 0 saturated heterocycles. The number of aromatic nitrogens is 4. The highest BCUT2D eigenvalue weighted by molar-refractivity contribution is 7.91. The molecular weight excluding hydrogens is 1060 g/mol. The van der Waals surface area contributed by atoms with Crippen molar-refractivity contribution in [2.45, 2.75) is 117 Å². The zero-order valence-corrected chi connectivity index (χ0v) is 44.5. The number of phenolic OH excluding ortho intramolecular Hbond substituents is 2. The molecule has 7 aromatic rings. The average molecular weight is 1120 g/mol. The van der Waals surface area contributed by atoms with Crippen LogP contribution in [0.15, 0.2) is 139 Å². The molecule has 0 spiro atoms. The van der Waals surface area contributed by atoms with Gasteiger partial charge in [-0.15, -0.1) is 15.3 Å². The highest BCUT2D eigenvalue weighted by Crippen LogP contribution is 2.34. The van der Waals surface area contributed by atoms with Crippen LogP contribution >= 0.6 is 0 Å². The molecule has 76 heavy (non-hydrogen) atoms. The van der Waals surface area contributed by atoms with E-state index in [-0.39, 0.29) is 32.8 Å². The highest BCUT2D eigenvalue weighted by atomic mass is 32.2. The Labute approximate surface area is 441 Å². The van der Waals surface area contributed by atoms with Crippen molar-refractivity contribution in [1.29, 1.82) is 0 Å². The summed E-state index contributed by atoms with van der Waals surface area (Å²) in [5, 5.41) is 39.3. The second-order valence-electron chi connectivity index (χ2n) is 17.6. The number of H-pyrrole nitrogens is 1. The Balaban J connectivity index is 0.922. The van der Waals surface area contributed by atoms with Crippen molar-refractivity contribution in [3.63, 3.8) is 0 Å². The summed E-state index contributed by atoms with van der Waals surface area (Å²) in [6.07, 6.45) is 10.2. The van der Waals surface area contributed by atoms with Gasteiger partial charge >= 0.3 is 11.3 Å². The molecule has 0 saturated carbocycles. The number of sulfone groups is 1. The number of amides is 1. The van der Waals surface area contributed by atoms with Crippen LogP contribution in [0.4, 0.5) is 22.7 Å². The number of aromatic amines is 1. The van der Waals surface area contributed by atoms with Crippen LogP contribution in [0.5, 0.6) is 23.0 Å². The molecule has 0 aliphatic carbocycles. The number of ether oxygens (including phenoxy) is 1. The van der Waals surface area contributed by atoms with Crippen LogP contribution in [0.2, 0.25) is 0 Å². The molecule has 0 fully saturated rings. The lowest BCUT2D eigenvalue weighted by Crippen LogP contribution is -2.33. The van der Waals surface area contributed by atoms with E-state index < -0.39 is 68.7 Å². The van der Waals surface area contributed by atoms with Gasteiger partial charge in [0.25, 0.3) is 26.1 Å². The SMILES string of the molecule is CCCCCCCCCCC(Oc1ccc(S(=O)(=O)c2ccc(O)cc2)cc1)C(=O)Nc1ccc(CCCc2nc3c(N=Nc4ccc(NS(=O)Oc5cc(S(=O)(=O)O)cc(S(=O)(=O)O)c5)cc4O)c(C)[nH]n3n2)cc1. The first-order valence-corrected chi connectivity index (χ1v) is 29.5. The van der Waals surface area contributed by atoms with Gasteiger partial charge in [-0.05, 0) is 117 Å². The van der Waals surface area contributed by atoms with Crippen molar-refractivity contribution in [3.8, 4) is 23.0 Å². The third-order valence-corrected chi connectivity index (χ3v) is 16.0. The number of carbonyl (C=O) groups excluding carboxylic acids is 1. The largest absolute Gasteiger partial charge is 0.508 e. The molecule has 22 nitrogen and oxygen atoms in total. The summed E-state index contributed by atoms with van der Waals surface area (Å²) in [7, 11) is -13.7. The van der Waals surface area contributed by atoms with Gasteiger partial charge in [0.15, 0.2) is 17.6 Å². The predicted molar refractivity (Wildman–Crippen MR) is 282 cm³/mol. The van der Waals surface area contributed by atoms with Gasteiger partial charge in [0.05, 0.1) is 31.0 Å². The minimum absolute atomic E-state index is 0.0122. The first-order chi connectivity index (χ1) is 36.2. The van der Waals surface area contributed by atoms with Crippen molar-refractivity contribution >= 4 is 75.6 Å². The molecule has 7 rings (SSSR count). The molecule has 0 aliphatic rings. The fourth-order valence-corrected chi connectivity index (χ4v) is 10.9. The summed E-state index contributed by atoms with van der Waals surface area (Å²) in [4.78, 5) is 16.6. The Bertz CT molecular complexity index is 3500. The van der Waals surface area contributed by atoms with E-state index in [2.05, 4.69) is 42.4 Å². The number of azo groups is 1. The second-order valence-corrected chi connectivity index (χ2v) is 23.3. The van der Waals surface area contributed by atoms with Crippen LogP contribution in [0.25, 0.3) is 5.65 Å². The van der Waals surface area contributed by atoms with Crippen molar-refractivity contribution < 1.29 is 62.5 Å². The Morgan fingerprint density at radius 1 is 0.711 bits per heavy atom. The number of rotatable bonds is 27. The molecule has 7 N–H and O–H groups in total. The van der Waals surface area contributed by atoms with Gasteiger partial charge in [-0.25, -0.2) is 13.4 Å². The lowest BCUT2D eigenvalue weighted by molar-refractivity contribution is -0.123. The average Bonchev–Trinajstić information content (AvgIpc) is 3.89. The zero-order valence-electron chi connectivity index (χ0n) is 41.2. The maximum Gasteiger partial charge on any atom is 0.316 e. The molecule has 2 unspecified atom stereocenters. The molecule has 2 atom stereocenters. The first kappa shape index (κ1) is 56.5. The second kappa shape index (κ2) is 25.1. The number of nitrogens with one attached hydrogen (secondary N) is 3. The van der Waals surface area contributed by atoms with Crippen LogP contribution in [0.3, 0.4) is 0 Å². The van der Waals surface area contributed by atoms with Crippen molar-refractivity contribution in [2.75, 3.05) is 10.0 Å². The number of aryl methyl sites for hydroxylation is 3. The molecule has 404 valence electrons. The van der Waals surface area contributed by atoms with E-state index in [1.54, 1.807) is 6.92 Å². The fourth-order valence-electron chi connectivity index (χ4n) is 7.82. The minimum atomic E-state index is -4.95. The van der Waals surface area contributed by atoms with Gasteiger partial charge < -0.3 is 24.4 Å². The maximum atomic E-state index is 13.7. The van der Waals surface area contributed by atoms with E-state index in [9.17, 15) is 53.6 Å². The van der Waals surface area contributed by atoms with Crippen molar-refractivity contribution in [2.24, 2.45) is 10.2 Å². The molecule has 2 heterocycles. The minimum Gasteiger partial charge on any atom is -0.508 e. The topological polar surface area (TPSA) is 331 Å². The van der Waals surface area contributed by atoms with Gasteiger partial charge in [0.2, 0.25) is 15.5 Å². The summed E-state index contributed by atoms with van der Waals surface area (Å²) >= 11 is -2.51. The first-order valence-electron chi connectivity index (χ1n) is 24.0. The number of hydrogen-bond acceptors (Lipinski definition) is 16. The van der Waals surface area contributed by atoms with E-state index in [1.807, 2.05) is 24.3 Å². The van der Waals surface area contributed by atoms with Gasteiger partial charge in [-0.2, -0.15) is 25.7 Å². The number of fused-ring (bicyclic) bond motifs is 1. The quantitative estimate of drug-likeness (QED) is 0.0143. The third-order valence-electron chi connectivity index (χ3n) is 11.8. The van der Waals surface area contributed by atoms with Crippen LogP contribution in [0, 0.1) is 6.92 Å². The number of anilines is 2. The molecular formula is C50H56N8O14S4. The summed E-state index contributed by atoms with van der Waals surface area (Å²) in [6.45, 7) is 3.93. The molecule has 5 aromatic carbocycles. The summed E-state index contributed by atoms with van der Waals surface area (Å²) in [6, 6.07) is 24.4. The highest BCUT2D eigenvalue weighted by Gasteiger charge is 2.24. The summed E-state index contributed by atoms with van der Waals surface area (Å²) in [5.74, 6) is -0.478.